The molecule has 0 spiro atoms. The lowest BCUT2D eigenvalue weighted by Gasteiger charge is -2.03. The van der Waals surface area contributed by atoms with Gasteiger partial charge in [0.05, 0.1) is 12.2 Å². The first kappa shape index (κ1) is 12.3. The lowest BCUT2D eigenvalue weighted by Crippen LogP contribution is -2.24. The van der Waals surface area contributed by atoms with Crippen LogP contribution in [0.4, 0.5) is 5.69 Å². The predicted octanol–water partition coefficient (Wildman–Crippen LogP) is 1.41. The van der Waals surface area contributed by atoms with Gasteiger partial charge in [0.15, 0.2) is 0 Å². The molecule has 2 heterocycles. The number of fused-ring (bicyclic) bond motifs is 1. The highest BCUT2D eigenvalue weighted by molar-refractivity contribution is 5.98. The second-order valence-corrected chi connectivity index (χ2v) is 4.66. The minimum atomic E-state index is -0.152. The third-order valence-corrected chi connectivity index (χ3v) is 3.24. The van der Waals surface area contributed by atoms with Crippen molar-refractivity contribution in [3.8, 4) is 0 Å². The van der Waals surface area contributed by atoms with Gasteiger partial charge in [-0.15, -0.1) is 0 Å². The Balaban J connectivity index is 1.77. The SMILES string of the molecule is Cn1nccc1CNC(=O)c1cc2cc(N)ccc2[nH]1. The van der Waals surface area contributed by atoms with Crippen molar-refractivity contribution in [2.75, 3.05) is 5.73 Å². The van der Waals surface area contributed by atoms with Crippen LogP contribution < -0.4 is 11.1 Å². The summed E-state index contributed by atoms with van der Waals surface area (Å²) in [5.41, 5.74) is 8.76. The molecule has 0 aliphatic heterocycles. The third kappa shape index (κ3) is 2.23. The zero-order chi connectivity index (χ0) is 14.1. The first-order valence-corrected chi connectivity index (χ1v) is 6.27. The van der Waals surface area contributed by atoms with Gasteiger partial charge in [-0.2, -0.15) is 5.10 Å². The number of carbonyl (C=O) groups excluding carboxylic acids is 1. The van der Waals surface area contributed by atoms with Gasteiger partial charge in [-0.1, -0.05) is 0 Å². The number of benzene rings is 1. The van der Waals surface area contributed by atoms with E-state index in [2.05, 4.69) is 15.4 Å². The lowest BCUT2D eigenvalue weighted by atomic mass is 10.2. The molecule has 0 radical (unpaired) electrons. The Bertz CT molecular complexity index is 771. The van der Waals surface area contributed by atoms with E-state index in [1.807, 2.05) is 25.2 Å². The summed E-state index contributed by atoms with van der Waals surface area (Å²) in [4.78, 5) is 15.2. The number of hydrogen-bond donors (Lipinski definition) is 3. The van der Waals surface area contributed by atoms with Crippen LogP contribution in [0.1, 0.15) is 16.2 Å². The van der Waals surface area contributed by atoms with Gasteiger partial charge in [0.2, 0.25) is 0 Å². The number of nitrogens with one attached hydrogen (secondary N) is 2. The smallest absolute Gasteiger partial charge is 0.268 e. The van der Waals surface area contributed by atoms with Crippen molar-refractivity contribution in [3.63, 3.8) is 0 Å². The molecule has 0 aliphatic rings. The molecule has 4 N–H and O–H groups in total. The van der Waals surface area contributed by atoms with Crippen molar-refractivity contribution in [1.82, 2.24) is 20.1 Å². The monoisotopic (exact) mass is 269 g/mol. The van der Waals surface area contributed by atoms with Crippen molar-refractivity contribution >= 4 is 22.5 Å². The largest absolute Gasteiger partial charge is 0.399 e. The number of aromatic amines is 1. The summed E-state index contributed by atoms with van der Waals surface area (Å²) in [7, 11) is 1.84. The molecule has 0 saturated heterocycles. The molecule has 0 atom stereocenters. The Hall–Kier alpha value is -2.76. The fourth-order valence-corrected chi connectivity index (χ4v) is 2.11. The Labute approximate surface area is 115 Å². The van der Waals surface area contributed by atoms with Gasteiger partial charge in [-0.25, -0.2) is 0 Å². The third-order valence-electron chi connectivity index (χ3n) is 3.24. The number of rotatable bonds is 3. The number of aromatic nitrogens is 3. The number of anilines is 1. The molecule has 0 fully saturated rings. The maximum Gasteiger partial charge on any atom is 0.268 e. The van der Waals surface area contributed by atoms with Gasteiger partial charge >= 0.3 is 0 Å². The number of nitrogens with two attached hydrogens (primary N) is 1. The van der Waals surface area contributed by atoms with Gasteiger partial charge in [0, 0.05) is 29.8 Å². The van der Waals surface area contributed by atoms with Crippen molar-refractivity contribution < 1.29 is 4.79 Å². The predicted molar refractivity (Wildman–Crippen MR) is 77.1 cm³/mol. The number of H-pyrrole nitrogens is 1. The second-order valence-electron chi connectivity index (χ2n) is 4.66. The molecular formula is C14H15N5O. The van der Waals surface area contributed by atoms with Crippen molar-refractivity contribution in [2.45, 2.75) is 6.54 Å². The highest BCUT2D eigenvalue weighted by Gasteiger charge is 2.10. The highest BCUT2D eigenvalue weighted by atomic mass is 16.1. The minimum Gasteiger partial charge on any atom is -0.399 e. The van der Waals surface area contributed by atoms with Crippen molar-refractivity contribution in [2.24, 2.45) is 7.05 Å². The number of nitrogen functional groups attached to an aromatic ring is 1. The molecule has 1 aromatic carbocycles. The molecule has 1 amide bonds. The number of nitrogens with zero attached hydrogens (tertiary/aromatic N) is 2. The molecule has 3 aromatic rings. The Morgan fingerprint density at radius 1 is 1.40 bits per heavy atom. The normalized spacial score (nSPS) is 10.8. The fraction of sp³-hybridized carbons (Fsp3) is 0.143. The van der Waals surface area contributed by atoms with Crippen LogP contribution in [0.25, 0.3) is 10.9 Å². The summed E-state index contributed by atoms with van der Waals surface area (Å²) in [6.45, 7) is 0.437. The minimum absolute atomic E-state index is 0.152. The van der Waals surface area contributed by atoms with Crippen LogP contribution in [0, 0.1) is 0 Å². The second kappa shape index (κ2) is 4.73. The molecule has 20 heavy (non-hydrogen) atoms. The topological polar surface area (TPSA) is 88.7 Å². The van der Waals surface area contributed by atoms with E-state index < -0.39 is 0 Å². The van der Waals surface area contributed by atoms with Crippen LogP contribution in [0.5, 0.6) is 0 Å². The Morgan fingerprint density at radius 2 is 2.25 bits per heavy atom. The maximum absolute atomic E-state index is 12.1. The molecule has 6 heteroatoms. The molecular weight excluding hydrogens is 254 g/mol. The van der Waals surface area contributed by atoms with Crippen LogP contribution in [0.2, 0.25) is 0 Å². The summed E-state index contributed by atoms with van der Waals surface area (Å²) in [6.07, 6.45) is 1.70. The molecule has 0 unspecified atom stereocenters. The van der Waals surface area contributed by atoms with Crippen molar-refractivity contribution in [3.05, 3.63) is 47.9 Å². The highest BCUT2D eigenvalue weighted by Crippen LogP contribution is 2.18. The van der Waals surface area contributed by atoms with E-state index in [1.165, 1.54) is 0 Å². The zero-order valence-electron chi connectivity index (χ0n) is 11.1. The average Bonchev–Trinajstić information content (AvgIpc) is 3.01. The first-order chi connectivity index (χ1) is 9.63. The van der Waals surface area contributed by atoms with E-state index in [0.717, 1.165) is 16.6 Å². The molecule has 3 rings (SSSR count). The number of aryl methyl sites for hydroxylation is 1. The van der Waals surface area contributed by atoms with Crippen LogP contribution >= 0.6 is 0 Å². The van der Waals surface area contributed by atoms with E-state index in [-0.39, 0.29) is 5.91 Å². The quantitative estimate of drug-likeness (QED) is 0.628. The molecule has 2 aromatic heterocycles. The zero-order valence-corrected chi connectivity index (χ0v) is 11.1. The van der Waals surface area contributed by atoms with E-state index in [0.29, 0.717) is 17.9 Å². The van der Waals surface area contributed by atoms with Gasteiger partial charge in [-0.05, 0) is 30.3 Å². The molecule has 0 aliphatic carbocycles. The van der Waals surface area contributed by atoms with Crippen LogP contribution in [-0.4, -0.2) is 20.7 Å². The number of carbonyl (C=O) groups is 1. The number of amides is 1. The standard InChI is InChI=1S/C14H15N5O/c1-19-11(4-5-17-19)8-16-14(20)13-7-9-6-10(15)2-3-12(9)18-13/h2-7,18H,8,15H2,1H3,(H,16,20). The van der Waals surface area contributed by atoms with Gasteiger partial charge < -0.3 is 16.0 Å². The summed E-state index contributed by atoms with van der Waals surface area (Å²) >= 11 is 0. The average molecular weight is 269 g/mol. The van der Waals surface area contributed by atoms with E-state index in [1.54, 1.807) is 23.0 Å². The molecule has 102 valence electrons. The molecule has 0 saturated carbocycles. The van der Waals surface area contributed by atoms with Gasteiger partial charge in [0.25, 0.3) is 5.91 Å². The van der Waals surface area contributed by atoms with Gasteiger partial charge in [-0.3, -0.25) is 9.48 Å². The van der Waals surface area contributed by atoms with Crippen LogP contribution in [-0.2, 0) is 13.6 Å². The Kier molecular flexibility index (Phi) is 2.90. The summed E-state index contributed by atoms with van der Waals surface area (Å²) < 4.78 is 1.73. The van der Waals surface area contributed by atoms with Gasteiger partial charge in [0.1, 0.15) is 5.69 Å². The van der Waals surface area contributed by atoms with E-state index >= 15 is 0 Å². The van der Waals surface area contributed by atoms with E-state index in [4.69, 9.17) is 5.73 Å². The fourth-order valence-electron chi connectivity index (χ4n) is 2.11. The summed E-state index contributed by atoms with van der Waals surface area (Å²) in [5, 5.41) is 7.84. The van der Waals surface area contributed by atoms with Crippen LogP contribution in [0.15, 0.2) is 36.5 Å². The Morgan fingerprint density at radius 3 is 3.00 bits per heavy atom. The molecule has 0 bridgehead atoms. The van der Waals surface area contributed by atoms with Crippen LogP contribution in [0.3, 0.4) is 0 Å². The maximum atomic E-state index is 12.1. The summed E-state index contributed by atoms with van der Waals surface area (Å²) in [6, 6.07) is 9.17. The number of hydrogen-bond acceptors (Lipinski definition) is 3. The summed E-state index contributed by atoms with van der Waals surface area (Å²) in [5.74, 6) is -0.152. The lowest BCUT2D eigenvalue weighted by molar-refractivity contribution is 0.0946. The van der Waals surface area contributed by atoms with E-state index in [9.17, 15) is 4.79 Å². The van der Waals surface area contributed by atoms with Crippen molar-refractivity contribution in [1.29, 1.82) is 0 Å². The molecule has 6 nitrogen and oxygen atoms in total. The first-order valence-electron chi connectivity index (χ1n) is 6.27.